The molecule has 0 aliphatic carbocycles. The smallest absolute Gasteiger partial charge is 0.264 e. The lowest BCUT2D eigenvalue weighted by molar-refractivity contribution is 0.102. The van der Waals surface area contributed by atoms with E-state index in [9.17, 15) is 9.59 Å². The van der Waals surface area contributed by atoms with E-state index in [2.05, 4.69) is 15.5 Å². The summed E-state index contributed by atoms with van der Waals surface area (Å²) >= 11 is 12.0. The lowest BCUT2D eigenvalue weighted by Crippen LogP contribution is -2.12. The van der Waals surface area contributed by atoms with Crippen LogP contribution in [0.1, 0.15) is 10.4 Å². The molecule has 0 fully saturated rings. The van der Waals surface area contributed by atoms with Crippen molar-refractivity contribution < 1.29 is 4.79 Å². The van der Waals surface area contributed by atoms with Crippen molar-refractivity contribution in [2.75, 3.05) is 5.32 Å². The Morgan fingerprint density at radius 3 is 2.58 bits per heavy atom. The third-order valence-electron chi connectivity index (χ3n) is 3.29. The predicted molar refractivity (Wildman–Crippen MR) is 94.7 cm³/mol. The van der Waals surface area contributed by atoms with Gasteiger partial charge in [-0.15, -0.1) is 0 Å². The zero-order valence-corrected chi connectivity index (χ0v) is 13.7. The van der Waals surface area contributed by atoms with Gasteiger partial charge in [-0.05, 0) is 30.3 Å². The summed E-state index contributed by atoms with van der Waals surface area (Å²) in [6, 6.07) is 14.9. The molecule has 3 aromatic rings. The third kappa shape index (κ3) is 3.48. The molecule has 120 valence electrons. The number of aromatic amines is 1. The zero-order chi connectivity index (χ0) is 17.1. The number of anilines is 1. The normalized spacial score (nSPS) is 10.4. The van der Waals surface area contributed by atoms with Crippen molar-refractivity contribution in [3.63, 3.8) is 0 Å². The lowest BCUT2D eigenvalue weighted by atomic mass is 10.1. The summed E-state index contributed by atoms with van der Waals surface area (Å²) in [6.07, 6.45) is 0. The first-order chi connectivity index (χ1) is 11.5. The molecule has 0 saturated carbocycles. The molecule has 2 aromatic carbocycles. The minimum atomic E-state index is -0.367. The van der Waals surface area contributed by atoms with Crippen molar-refractivity contribution in [2.24, 2.45) is 0 Å². The highest BCUT2D eigenvalue weighted by Gasteiger charge is 2.13. The average Bonchev–Trinajstić information content (AvgIpc) is 2.58. The molecule has 1 heterocycles. The molecule has 0 atom stereocenters. The van der Waals surface area contributed by atoms with Gasteiger partial charge in [-0.1, -0.05) is 41.4 Å². The number of carbonyl (C=O) groups excluding carboxylic acids is 1. The number of hydrogen-bond acceptors (Lipinski definition) is 3. The molecule has 7 heteroatoms. The molecular formula is C17H11Cl2N3O2. The van der Waals surface area contributed by atoms with Crippen LogP contribution < -0.4 is 10.9 Å². The van der Waals surface area contributed by atoms with Gasteiger partial charge in [0.25, 0.3) is 11.5 Å². The summed E-state index contributed by atoms with van der Waals surface area (Å²) < 4.78 is 0. The molecule has 0 aliphatic heterocycles. The summed E-state index contributed by atoms with van der Waals surface area (Å²) in [5.74, 6) is -0.367. The molecule has 0 radical (unpaired) electrons. The van der Waals surface area contributed by atoms with E-state index in [1.54, 1.807) is 42.5 Å². The Morgan fingerprint density at radius 1 is 1.04 bits per heavy atom. The number of benzene rings is 2. The molecule has 0 bridgehead atoms. The van der Waals surface area contributed by atoms with E-state index in [0.717, 1.165) is 5.56 Å². The first-order valence-corrected chi connectivity index (χ1v) is 7.72. The fourth-order valence-electron chi connectivity index (χ4n) is 2.14. The second-order valence-electron chi connectivity index (χ2n) is 4.94. The van der Waals surface area contributed by atoms with Gasteiger partial charge < -0.3 is 5.32 Å². The van der Waals surface area contributed by atoms with Crippen LogP contribution in [-0.4, -0.2) is 16.1 Å². The maximum absolute atomic E-state index is 12.4. The van der Waals surface area contributed by atoms with Gasteiger partial charge in [-0.3, -0.25) is 9.59 Å². The minimum absolute atomic E-state index is 0.204. The van der Waals surface area contributed by atoms with Gasteiger partial charge in [0.15, 0.2) is 0 Å². The van der Waals surface area contributed by atoms with Crippen LogP contribution >= 0.6 is 23.2 Å². The topological polar surface area (TPSA) is 74.8 Å². The summed E-state index contributed by atoms with van der Waals surface area (Å²) in [6.45, 7) is 0. The summed E-state index contributed by atoms with van der Waals surface area (Å²) in [7, 11) is 0. The number of H-pyrrole nitrogens is 1. The van der Waals surface area contributed by atoms with Gasteiger partial charge in [0.1, 0.15) is 0 Å². The SMILES string of the molecule is O=C(Nc1cccc(-c2ccc(=O)[nH]n2)c1)c1cccc(Cl)c1Cl. The average molecular weight is 360 g/mol. The molecule has 3 rings (SSSR count). The molecule has 0 aliphatic rings. The molecule has 24 heavy (non-hydrogen) atoms. The lowest BCUT2D eigenvalue weighted by Gasteiger charge is -2.09. The number of carbonyl (C=O) groups is 1. The highest BCUT2D eigenvalue weighted by molar-refractivity contribution is 6.44. The fraction of sp³-hybridized carbons (Fsp3) is 0. The van der Waals surface area contributed by atoms with Crippen molar-refractivity contribution in [2.45, 2.75) is 0 Å². The number of halogens is 2. The number of nitrogens with zero attached hydrogens (tertiary/aromatic N) is 1. The van der Waals surface area contributed by atoms with Crippen molar-refractivity contribution in [1.82, 2.24) is 10.2 Å². The van der Waals surface area contributed by atoms with Crippen LogP contribution in [0.4, 0.5) is 5.69 Å². The van der Waals surface area contributed by atoms with Gasteiger partial charge in [-0.25, -0.2) is 5.10 Å². The maximum atomic E-state index is 12.4. The number of rotatable bonds is 3. The Kier molecular flexibility index (Phi) is 4.64. The Hall–Kier alpha value is -2.63. The highest BCUT2D eigenvalue weighted by Crippen LogP contribution is 2.27. The van der Waals surface area contributed by atoms with Crippen LogP contribution in [0.25, 0.3) is 11.3 Å². The van der Waals surface area contributed by atoms with Gasteiger partial charge >= 0.3 is 0 Å². The van der Waals surface area contributed by atoms with E-state index in [0.29, 0.717) is 16.4 Å². The Labute approximate surface area is 147 Å². The zero-order valence-electron chi connectivity index (χ0n) is 12.2. The van der Waals surface area contributed by atoms with Crippen LogP contribution in [0.2, 0.25) is 10.0 Å². The van der Waals surface area contributed by atoms with E-state index in [-0.39, 0.29) is 22.1 Å². The molecule has 5 nitrogen and oxygen atoms in total. The number of amides is 1. The van der Waals surface area contributed by atoms with Crippen molar-refractivity contribution in [1.29, 1.82) is 0 Å². The largest absolute Gasteiger partial charge is 0.322 e. The predicted octanol–water partition coefficient (Wildman–Crippen LogP) is 4.00. The first kappa shape index (κ1) is 16.2. The van der Waals surface area contributed by atoms with Gasteiger partial charge in [0.2, 0.25) is 0 Å². The van der Waals surface area contributed by atoms with E-state index in [4.69, 9.17) is 23.2 Å². The van der Waals surface area contributed by atoms with Crippen molar-refractivity contribution in [3.8, 4) is 11.3 Å². The van der Waals surface area contributed by atoms with E-state index in [1.165, 1.54) is 6.07 Å². The number of aromatic nitrogens is 2. The molecule has 1 amide bonds. The van der Waals surface area contributed by atoms with Gasteiger partial charge in [-0.2, -0.15) is 5.10 Å². The maximum Gasteiger partial charge on any atom is 0.264 e. The van der Waals surface area contributed by atoms with Crippen LogP contribution in [0.15, 0.2) is 59.4 Å². The van der Waals surface area contributed by atoms with Gasteiger partial charge in [0.05, 0.1) is 21.3 Å². The fourth-order valence-corrected chi connectivity index (χ4v) is 2.53. The molecule has 0 saturated heterocycles. The van der Waals surface area contributed by atoms with Gasteiger partial charge in [0, 0.05) is 17.3 Å². The van der Waals surface area contributed by atoms with Crippen LogP contribution in [0, 0.1) is 0 Å². The first-order valence-electron chi connectivity index (χ1n) is 6.96. The van der Waals surface area contributed by atoms with Crippen molar-refractivity contribution >= 4 is 34.8 Å². The minimum Gasteiger partial charge on any atom is -0.322 e. The Morgan fingerprint density at radius 2 is 1.83 bits per heavy atom. The van der Waals surface area contributed by atoms with E-state index >= 15 is 0 Å². The highest BCUT2D eigenvalue weighted by atomic mass is 35.5. The second kappa shape index (κ2) is 6.86. The standard InChI is InChI=1S/C17H11Cl2N3O2/c18-13-6-2-5-12(16(13)19)17(24)20-11-4-1-3-10(9-11)14-7-8-15(23)22-21-14/h1-9H,(H,20,24)(H,22,23). The second-order valence-corrected chi connectivity index (χ2v) is 5.73. The Bertz CT molecular complexity index is 950. The molecule has 2 N–H and O–H groups in total. The van der Waals surface area contributed by atoms with Crippen molar-refractivity contribution in [3.05, 3.63) is 80.6 Å². The molecule has 0 unspecified atom stereocenters. The van der Waals surface area contributed by atoms with E-state index in [1.807, 2.05) is 6.07 Å². The molecule has 1 aromatic heterocycles. The van der Waals surface area contributed by atoms with Crippen LogP contribution in [0.5, 0.6) is 0 Å². The molecule has 0 spiro atoms. The monoisotopic (exact) mass is 359 g/mol. The summed E-state index contributed by atoms with van der Waals surface area (Å²) in [5, 5.41) is 9.62. The van der Waals surface area contributed by atoms with Crippen LogP contribution in [-0.2, 0) is 0 Å². The number of nitrogens with one attached hydrogen (secondary N) is 2. The number of hydrogen-bond donors (Lipinski definition) is 2. The third-order valence-corrected chi connectivity index (χ3v) is 4.11. The van der Waals surface area contributed by atoms with E-state index < -0.39 is 0 Å². The van der Waals surface area contributed by atoms with Crippen LogP contribution in [0.3, 0.4) is 0 Å². The molecular weight excluding hydrogens is 349 g/mol. The summed E-state index contributed by atoms with van der Waals surface area (Å²) in [5.41, 5.74) is 1.92. The quantitative estimate of drug-likeness (QED) is 0.742. The summed E-state index contributed by atoms with van der Waals surface area (Å²) in [4.78, 5) is 23.4. The Balaban J connectivity index is 1.87.